The highest BCUT2D eigenvalue weighted by molar-refractivity contribution is 6.04. The van der Waals surface area contributed by atoms with E-state index in [1.165, 1.54) is 0 Å². The van der Waals surface area contributed by atoms with Crippen LogP contribution in [0.4, 0.5) is 5.69 Å². The van der Waals surface area contributed by atoms with E-state index in [1.807, 2.05) is 38.2 Å². The number of carbonyl (C=O) groups is 1. The maximum atomic E-state index is 12.2. The number of aryl methyl sites for hydroxylation is 1. The number of amides is 1. The molecule has 0 unspecified atom stereocenters. The lowest BCUT2D eigenvalue weighted by atomic mass is 9.85. The van der Waals surface area contributed by atoms with Crippen LogP contribution in [-0.2, 0) is 12.5 Å². The second-order valence-corrected chi connectivity index (χ2v) is 5.89. The summed E-state index contributed by atoms with van der Waals surface area (Å²) in [7, 11) is 1.82. The number of hydrogen-bond acceptors (Lipinski definition) is 3. The molecule has 1 heterocycles. The molecule has 5 heteroatoms. The van der Waals surface area contributed by atoms with Crippen LogP contribution in [0, 0.1) is 6.92 Å². The smallest absolute Gasteiger partial charge is 0.259 e. The predicted octanol–water partition coefficient (Wildman–Crippen LogP) is 2.22. The van der Waals surface area contributed by atoms with Crippen molar-refractivity contribution in [2.75, 3.05) is 11.9 Å². The molecule has 0 bridgehead atoms. The van der Waals surface area contributed by atoms with Gasteiger partial charge in [0.25, 0.3) is 5.91 Å². The number of aromatic nitrogens is 2. The Morgan fingerprint density at radius 3 is 2.43 bits per heavy atom. The molecule has 0 atom stereocenters. The standard InChI is InChI=1S/C16H22N4O/c1-11-14(9-18-20(11)4)15(21)19-13-7-5-12(6-8-13)16(2,3)10-17/h5-9H,10,17H2,1-4H3,(H,19,21). The summed E-state index contributed by atoms with van der Waals surface area (Å²) in [6, 6.07) is 7.80. The molecule has 0 aliphatic heterocycles. The third-order valence-electron chi connectivity index (χ3n) is 3.91. The van der Waals surface area contributed by atoms with E-state index in [-0.39, 0.29) is 11.3 Å². The summed E-state index contributed by atoms with van der Waals surface area (Å²) in [5, 5.41) is 6.96. The molecule has 0 fully saturated rings. The van der Waals surface area contributed by atoms with Gasteiger partial charge in [-0.3, -0.25) is 9.48 Å². The summed E-state index contributed by atoms with van der Waals surface area (Å²) in [5.74, 6) is -0.147. The molecule has 112 valence electrons. The molecule has 2 rings (SSSR count). The zero-order valence-electron chi connectivity index (χ0n) is 13.0. The largest absolute Gasteiger partial charge is 0.330 e. The molecule has 1 aromatic heterocycles. The van der Waals surface area contributed by atoms with Gasteiger partial charge in [-0.05, 0) is 24.6 Å². The number of nitrogens with one attached hydrogen (secondary N) is 1. The van der Waals surface area contributed by atoms with E-state index in [0.717, 1.165) is 16.9 Å². The zero-order valence-corrected chi connectivity index (χ0v) is 13.0. The summed E-state index contributed by atoms with van der Waals surface area (Å²) in [5.41, 5.74) is 9.05. The lowest BCUT2D eigenvalue weighted by Gasteiger charge is -2.23. The van der Waals surface area contributed by atoms with Crippen molar-refractivity contribution in [1.82, 2.24) is 9.78 Å². The van der Waals surface area contributed by atoms with Crippen LogP contribution in [0.5, 0.6) is 0 Å². The van der Waals surface area contributed by atoms with Crippen LogP contribution < -0.4 is 11.1 Å². The number of nitrogens with zero attached hydrogens (tertiary/aromatic N) is 2. The molecular weight excluding hydrogens is 264 g/mol. The fourth-order valence-electron chi connectivity index (χ4n) is 2.04. The number of nitrogens with two attached hydrogens (primary N) is 1. The highest BCUT2D eigenvalue weighted by atomic mass is 16.1. The van der Waals surface area contributed by atoms with Crippen molar-refractivity contribution in [2.24, 2.45) is 12.8 Å². The maximum Gasteiger partial charge on any atom is 0.259 e. The van der Waals surface area contributed by atoms with Gasteiger partial charge in [0.2, 0.25) is 0 Å². The van der Waals surface area contributed by atoms with Gasteiger partial charge in [-0.15, -0.1) is 0 Å². The van der Waals surface area contributed by atoms with Crippen LogP contribution in [0.1, 0.15) is 35.5 Å². The van der Waals surface area contributed by atoms with Gasteiger partial charge >= 0.3 is 0 Å². The first-order valence-corrected chi connectivity index (χ1v) is 6.95. The molecule has 5 nitrogen and oxygen atoms in total. The molecule has 1 amide bonds. The van der Waals surface area contributed by atoms with Gasteiger partial charge in [0.05, 0.1) is 11.8 Å². The van der Waals surface area contributed by atoms with Crippen molar-refractivity contribution in [1.29, 1.82) is 0 Å². The predicted molar refractivity (Wildman–Crippen MR) is 84.4 cm³/mol. The van der Waals surface area contributed by atoms with E-state index in [4.69, 9.17) is 5.73 Å². The maximum absolute atomic E-state index is 12.2. The number of anilines is 1. The average Bonchev–Trinajstić information content (AvgIpc) is 2.79. The molecule has 0 spiro atoms. The summed E-state index contributed by atoms with van der Waals surface area (Å²) < 4.78 is 1.68. The van der Waals surface area contributed by atoms with Gasteiger partial charge in [-0.2, -0.15) is 5.10 Å². The van der Waals surface area contributed by atoms with Crippen molar-refractivity contribution < 1.29 is 4.79 Å². The minimum absolute atomic E-state index is 0.0670. The molecule has 21 heavy (non-hydrogen) atoms. The minimum atomic E-state index is -0.147. The van der Waals surface area contributed by atoms with E-state index < -0.39 is 0 Å². The van der Waals surface area contributed by atoms with E-state index in [9.17, 15) is 4.79 Å². The van der Waals surface area contributed by atoms with Crippen LogP contribution in [0.3, 0.4) is 0 Å². The van der Waals surface area contributed by atoms with Gasteiger partial charge in [0.1, 0.15) is 0 Å². The summed E-state index contributed by atoms with van der Waals surface area (Å²) in [4.78, 5) is 12.2. The van der Waals surface area contributed by atoms with Crippen molar-refractivity contribution in [3.63, 3.8) is 0 Å². The van der Waals surface area contributed by atoms with Gasteiger partial charge in [-0.25, -0.2) is 0 Å². The molecule has 0 saturated carbocycles. The monoisotopic (exact) mass is 286 g/mol. The fourth-order valence-corrected chi connectivity index (χ4v) is 2.04. The van der Waals surface area contributed by atoms with Gasteiger partial charge < -0.3 is 11.1 Å². The number of carbonyl (C=O) groups excluding carboxylic acids is 1. The first-order chi connectivity index (χ1) is 9.85. The molecule has 0 radical (unpaired) electrons. The van der Waals surface area contributed by atoms with Crippen molar-refractivity contribution in [3.05, 3.63) is 47.3 Å². The van der Waals surface area contributed by atoms with E-state index >= 15 is 0 Å². The van der Waals surface area contributed by atoms with Crippen LogP contribution in [-0.4, -0.2) is 22.2 Å². The van der Waals surface area contributed by atoms with Gasteiger partial charge in [-0.1, -0.05) is 26.0 Å². The molecular formula is C16H22N4O. The lowest BCUT2D eigenvalue weighted by Crippen LogP contribution is -2.28. The fraction of sp³-hybridized carbons (Fsp3) is 0.375. The summed E-state index contributed by atoms with van der Waals surface area (Å²) in [6.07, 6.45) is 1.58. The topological polar surface area (TPSA) is 72.9 Å². The molecule has 3 N–H and O–H groups in total. The Morgan fingerprint density at radius 1 is 1.33 bits per heavy atom. The van der Waals surface area contributed by atoms with Crippen LogP contribution >= 0.6 is 0 Å². The van der Waals surface area contributed by atoms with E-state index in [0.29, 0.717) is 12.1 Å². The Hall–Kier alpha value is -2.14. The lowest BCUT2D eigenvalue weighted by molar-refractivity contribution is 0.102. The molecule has 0 aliphatic rings. The van der Waals surface area contributed by atoms with Gasteiger partial charge in [0.15, 0.2) is 0 Å². The Labute approximate surface area is 125 Å². The normalized spacial score (nSPS) is 11.5. The summed E-state index contributed by atoms with van der Waals surface area (Å²) in [6.45, 7) is 6.64. The molecule has 0 aliphatic carbocycles. The van der Waals surface area contributed by atoms with Crippen molar-refractivity contribution in [3.8, 4) is 0 Å². The third kappa shape index (κ3) is 3.13. The first kappa shape index (κ1) is 15.3. The quantitative estimate of drug-likeness (QED) is 0.905. The molecule has 0 saturated heterocycles. The minimum Gasteiger partial charge on any atom is -0.330 e. The van der Waals surface area contributed by atoms with Gasteiger partial charge in [0, 0.05) is 30.4 Å². The number of hydrogen-bond donors (Lipinski definition) is 2. The second kappa shape index (κ2) is 5.69. The Kier molecular flexibility index (Phi) is 4.14. The Bertz CT molecular complexity index is 641. The third-order valence-corrected chi connectivity index (χ3v) is 3.91. The average molecular weight is 286 g/mol. The highest BCUT2D eigenvalue weighted by Gasteiger charge is 2.18. The number of benzene rings is 1. The molecule has 2 aromatic rings. The number of rotatable bonds is 4. The summed E-state index contributed by atoms with van der Waals surface area (Å²) >= 11 is 0. The highest BCUT2D eigenvalue weighted by Crippen LogP contribution is 2.23. The SMILES string of the molecule is Cc1c(C(=O)Nc2ccc(C(C)(C)CN)cc2)cnn1C. The first-order valence-electron chi connectivity index (χ1n) is 6.95. The van der Waals surface area contributed by atoms with Crippen molar-refractivity contribution >= 4 is 11.6 Å². The molecule has 1 aromatic carbocycles. The zero-order chi connectivity index (χ0) is 15.6. The Balaban J connectivity index is 2.14. The van der Waals surface area contributed by atoms with Crippen LogP contribution in [0.2, 0.25) is 0 Å². The van der Waals surface area contributed by atoms with Crippen molar-refractivity contribution in [2.45, 2.75) is 26.2 Å². The van der Waals surface area contributed by atoms with Crippen LogP contribution in [0.25, 0.3) is 0 Å². The van der Waals surface area contributed by atoms with E-state index in [2.05, 4.69) is 24.3 Å². The Morgan fingerprint density at radius 2 is 1.95 bits per heavy atom. The van der Waals surface area contributed by atoms with E-state index in [1.54, 1.807) is 10.9 Å². The van der Waals surface area contributed by atoms with Crippen LogP contribution in [0.15, 0.2) is 30.5 Å². The second-order valence-electron chi connectivity index (χ2n) is 5.89.